The molecule has 2 N–H and O–H groups in total. The van der Waals surface area contributed by atoms with Crippen molar-refractivity contribution in [3.8, 4) is 5.75 Å². The highest BCUT2D eigenvalue weighted by atomic mass is 16.5. The Balaban J connectivity index is 2.45. The van der Waals surface area contributed by atoms with Crippen molar-refractivity contribution >= 4 is 16.9 Å². The second-order valence-electron chi connectivity index (χ2n) is 5.39. The van der Waals surface area contributed by atoms with Crippen LogP contribution in [0.2, 0.25) is 0 Å². The summed E-state index contributed by atoms with van der Waals surface area (Å²) in [5.41, 5.74) is 0.608. The standard InChI is InChI=1S/C15H19NO4/c1-9-10-6-5-7-11(19-4)13(10)20-12(9)14(18)16-15(2,3)8-17/h5-7,17H,8H2,1-4H3,(H,16,18). The summed E-state index contributed by atoms with van der Waals surface area (Å²) in [4.78, 5) is 12.3. The Bertz CT molecular complexity index is 643. The van der Waals surface area contributed by atoms with E-state index in [2.05, 4.69) is 5.32 Å². The first-order valence-electron chi connectivity index (χ1n) is 6.39. The zero-order valence-electron chi connectivity index (χ0n) is 12.1. The maximum absolute atomic E-state index is 12.3. The van der Waals surface area contributed by atoms with Crippen LogP contribution in [-0.2, 0) is 0 Å². The molecule has 1 amide bonds. The van der Waals surface area contributed by atoms with E-state index in [1.807, 2.05) is 19.1 Å². The summed E-state index contributed by atoms with van der Waals surface area (Å²) in [6.07, 6.45) is 0. The highest BCUT2D eigenvalue weighted by molar-refractivity contribution is 6.00. The number of amides is 1. The number of fused-ring (bicyclic) bond motifs is 1. The van der Waals surface area contributed by atoms with Crippen molar-refractivity contribution < 1.29 is 19.1 Å². The second-order valence-corrected chi connectivity index (χ2v) is 5.39. The summed E-state index contributed by atoms with van der Waals surface area (Å²) >= 11 is 0. The third-order valence-electron chi connectivity index (χ3n) is 3.20. The van der Waals surface area contributed by atoms with E-state index in [4.69, 9.17) is 9.15 Å². The van der Waals surface area contributed by atoms with Gasteiger partial charge in [-0.05, 0) is 26.8 Å². The van der Waals surface area contributed by atoms with Crippen molar-refractivity contribution in [2.45, 2.75) is 26.3 Å². The predicted octanol–water partition coefficient (Wildman–Crippen LogP) is 2.25. The quantitative estimate of drug-likeness (QED) is 0.899. The van der Waals surface area contributed by atoms with Gasteiger partial charge in [0, 0.05) is 10.9 Å². The van der Waals surface area contributed by atoms with Crippen molar-refractivity contribution in [3.63, 3.8) is 0 Å². The average Bonchev–Trinajstić information content (AvgIpc) is 2.76. The number of methoxy groups -OCH3 is 1. The van der Waals surface area contributed by atoms with Crippen LogP contribution in [0, 0.1) is 6.92 Å². The fourth-order valence-electron chi connectivity index (χ4n) is 2.00. The number of aliphatic hydroxyl groups is 1. The molecule has 0 bridgehead atoms. The summed E-state index contributed by atoms with van der Waals surface area (Å²) in [5.74, 6) is 0.483. The van der Waals surface area contributed by atoms with Crippen molar-refractivity contribution in [2.75, 3.05) is 13.7 Å². The first-order valence-corrected chi connectivity index (χ1v) is 6.39. The van der Waals surface area contributed by atoms with Gasteiger partial charge in [-0.25, -0.2) is 0 Å². The summed E-state index contributed by atoms with van der Waals surface area (Å²) in [7, 11) is 1.56. The summed E-state index contributed by atoms with van der Waals surface area (Å²) in [5, 5.41) is 12.8. The molecule has 0 spiro atoms. The zero-order chi connectivity index (χ0) is 14.9. The molecular weight excluding hydrogens is 258 g/mol. The van der Waals surface area contributed by atoms with E-state index in [-0.39, 0.29) is 18.3 Å². The van der Waals surface area contributed by atoms with E-state index < -0.39 is 5.54 Å². The van der Waals surface area contributed by atoms with Crippen LogP contribution >= 0.6 is 0 Å². The van der Waals surface area contributed by atoms with Crippen molar-refractivity contribution in [3.05, 3.63) is 29.5 Å². The van der Waals surface area contributed by atoms with E-state index >= 15 is 0 Å². The number of rotatable bonds is 4. The average molecular weight is 277 g/mol. The van der Waals surface area contributed by atoms with Gasteiger partial charge in [0.25, 0.3) is 5.91 Å². The Labute approximate surface area is 117 Å². The molecule has 1 aromatic carbocycles. The minimum atomic E-state index is -0.702. The lowest BCUT2D eigenvalue weighted by Crippen LogP contribution is -2.46. The fourth-order valence-corrected chi connectivity index (χ4v) is 2.00. The van der Waals surface area contributed by atoms with Crippen LogP contribution in [0.15, 0.2) is 22.6 Å². The third kappa shape index (κ3) is 2.49. The zero-order valence-corrected chi connectivity index (χ0v) is 12.1. The van der Waals surface area contributed by atoms with Crippen LogP contribution in [0.3, 0.4) is 0 Å². The Morgan fingerprint density at radius 3 is 2.75 bits per heavy atom. The lowest BCUT2D eigenvalue weighted by Gasteiger charge is -2.22. The van der Waals surface area contributed by atoms with Gasteiger partial charge in [0.05, 0.1) is 19.3 Å². The molecule has 0 unspecified atom stereocenters. The van der Waals surface area contributed by atoms with Gasteiger partial charge in [0.15, 0.2) is 17.1 Å². The van der Waals surface area contributed by atoms with Crippen LogP contribution in [0.25, 0.3) is 11.0 Å². The number of nitrogens with one attached hydrogen (secondary N) is 1. The number of carbonyl (C=O) groups is 1. The summed E-state index contributed by atoms with van der Waals surface area (Å²) < 4.78 is 10.9. The number of ether oxygens (including phenoxy) is 1. The Morgan fingerprint density at radius 2 is 2.15 bits per heavy atom. The topological polar surface area (TPSA) is 71.7 Å². The molecule has 0 atom stereocenters. The number of aryl methyl sites for hydroxylation is 1. The van der Waals surface area contributed by atoms with Crippen LogP contribution in [0.1, 0.15) is 30.0 Å². The normalized spacial score (nSPS) is 11.7. The molecule has 0 radical (unpaired) electrons. The SMILES string of the molecule is COc1cccc2c(C)c(C(=O)NC(C)(C)CO)oc12. The van der Waals surface area contributed by atoms with Crippen LogP contribution in [0.5, 0.6) is 5.75 Å². The number of hydrogen-bond donors (Lipinski definition) is 2. The Hall–Kier alpha value is -2.01. The molecule has 0 saturated carbocycles. The highest BCUT2D eigenvalue weighted by Crippen LogP contribution is 2.32. The molecule has 2 aromatic rings. The molecule has 2 rings (SSSR count). The molecule has 20 heavy (non-hydrogen) atoms. The molecule has 5 heteroatoms. The lowest BCUT2D eigenvalue weighted by atomic mass is 10.1. The van der Waals surface area contributed by atoms with Gasteiger partial charge in [-0.3, -0.25) is 4.79 Å². The van der Waals surface area contributed by atoms with Crippen molar-refractivity contribution in [2.24, 2.45) is 0 Å². The number of carbonyl (C=O) groups excluding carboxylic acids is 1. The first kappa shape index (κ1) is 14.4. The van der Waals surface area contributed by atoms with Crippen molar-refractivity contribution in [1.82, 2.24) is 5.32 Å². The summed E-state index contributed by atoms with van der Waals surface area (Å²) in [6, 6.07) is 5.51. The maximum atomic E-state index is 12.3. The van der Waals surface area contributed by atoms with Crippen LogP contribution in [0.4, 0.5) is 0 Å². The highest BCUT2D eigenvalue weighted by Gasteiger charge is 2.25. The molecule has 0 saturated heterocycles. The minimum Gasteiger partial charge on any atom is -0.493 e. The monoisotopic (exact) mass is 277 g/mol. The minimum absolute atomic E-state index is 0.151. The molecule has 0 aliphatic heterocycles. The van der Waals surface area contributed by atoms with E-state index in [0.29, 0.717) is 11.3 Å². The van der Waals surface area contributed by atoms with Gasteiger partial charge in [0.2, 0.25) is 0 Å². The second kappa shape index (κ2) is 5.17. The van der Waals surface area contributed by atoms with Gasteiger partial charge >= 0.3 is 0 Å². The Morgan fingerprint density at radius 1 is 1.45 bits per heavy atom. The van der Waals surface area contributed by atoms with E-state index in [9.17, 15) is 9.90 Å². The van der Waals surface area contributed by atoms with E-state index in [1.54, 1.807) is 27.0 Å². The van der Waals surface area contributed by atoms with Crippen molar-refractivity contribution in [1.29, 1.82) is 0 Å². The number of para-hydroxylation sites is 1. The molecule has 0 aliphatic carbocycles. The molecular formula is C15H19NO4. The molecule has 5 nitrogen and oxygen atoms in total. The molecule has 108 valence electrons. The maximum Gasteiger partial charge on any atom is 0.287 e. The van der Waals surface area contributed by atoms with Gasteiger partial charge in [-0.1, -0.05) is 12.1 Å². The fraction of sp³-hybridized carbons (Fsp3) is 0.400. The largest absolute Gasteiger partial charge is 0.493 e. The predicted molar refractivity (Wildman–Crippen MR) is 76.1 cm³/mol. The first-order chi connectivity index (χ1) is 9.39. The third-order valence-corrected chi connectivity index (χ3v) is 3.20. The molecule has 0 fully saturated rings. The number of hydrogen-bond acceptors (Lipinski definition) is 4. The molecule has 1 aromatic heterocycles. The van der Waals surface area contributed by atoms with E-state index in [1.165, 1.54) is 0 Å². The molecule has 0 aliphatic rings. The van der Waals surface area contributed by atoms with Crippen LogP contribution in [-0.4, -0.2) is 30.3 Å². The summed E-state index contributed by atoms with van der Waals surface area (Å²) in [6.45, 7) is 5.15. The van der Waals surface area contributed by atoms with Gasteiger partial charge < -0.3 is 19.6 Å². The Kier molecular flexibility index (Phi) is 3.72. The van der Waals surface area contributed by atoms with Crippen LogP contribution < -0.4 is 10.1 Å². The smallest absolute Gasteiger partial charge is 0.287 e. The van der Waals surface area contributed by atoms with Gasteiger partial charge in [0.1, 0.15) is 0 Å². The lowest BCUT2D eigenvalue weighted by molar-refractivity contribution is 0.0842. The number of aliphatic hydroxyl groups excluding tert-OH is 1. The number of benzene rings is 1. The molecule has 1 heterocycles. The van der Waals surface area contributed by atoms with Gasteiger partial charge in [-0.15, -0.1) is 0 Å². The van der Waals surface area contributed by atoms with E-state index in [0.717, 1.165) is 10.9 Å². The number of furan rings is 1. The van der Waals surface area contributed by atoms with Gasteiger partial charge in [-0.2, -0.15) is 0 Å².